The molecule has 108 valence electrons. The van der Waals surface area contributed by atoms with Crippen LogP contribution < -0.4 is 11.1 Å². The van der Waals surface area contributed by atoms with Gasteiger partial charge in [0.25, 0.3) is 0 Å². The lowest BCUT2D eigenvalue weighted by Crippen LogP contribution is -2.23. The number of nitrogens with two attached hydrogens (primary N) is 1. The Hall–Kier alpha value is -1.33. The van der Waals surface area contributed by atoms with E-state index in [-0.39, 0.29) is 0 Å². The van der Waals surface area contributed by atoms with Crippen LogP contribution in [0.25, 0.3) is 10.9 Å². The number of nitrogens with zero attached hydrogens (tertiary/aromatic N) is 2. The zero-order chi connectivity index (χ0) is 14.7. The topological polar surface area (TPSA) is 54.2 Å². The first-order valence-corrected chi connectivity index (χ1v) is 7.51. The van der Waals surface area contributed by atoms with Crippen molar-refractivity contribution in [1.29, 1.82) is 0 Å². The number of nitrogens with one attached hydrogen (secondary N) is 1. The summed E-state index contributed by atoms with van der Waals surface area (Å²) in [6.45, 7) is 3.24. The van der Waals surface area contributed by atoms with E-state index in [2.05, 4.69) is 52.1 Å². The van der Waals surface area contributed by atoms with Crippen LogP contribution in [0.15, 0.2) is 28.9 Å². The fourth-order valence-electron chi connectivity index (χ4n) is 2.12. The molecule has 20 heavy (non-hydrogen) atoms. The van der Waals surface area contributed by atoms with Crippen LogP contribution in [0.1, 0.15) is 13.3 Å². The van der Waals surface area contributed by atoms with E-state index in [0.717, 1.165) is 39.7 Å². The van der Waals surface area contributed by atoms with E-state index in [9.17, 15) is 0 Å². The molecule has 0 amide bonds. The molecule has 0 bridgehead atoms. The van der Waals surface area contributed by atoms with E-state index < -0.39 is 0 Å². The molecule has 3 N–H and O–H groups in total. The average Bonchev–Trinajstić information content (AvgIpc) is 2.40. The van der Waals surface area contributed by atoms with Crippen molar-refractivity contribution in [3.05, 3.63) is 28.9 Å². The van der Waals surface area contributed by atoms with Crippen LogP contribution in [-0.2, 0) is 0 Å². The SMILES string of the molecule is CC(CCN(C)C)Nc1ccc(N)c2cc(Br)cnc12. The van der Waals surface area contributed by atoms with Crippen LogP contribution in [0.2, 0.25) is 0 Å². The second kappa shape index (κ2) is 6.41. The highest BCUT2D eigenvalue weighted by atomic mass is 79.9. The van der Waals surface area contributed by atoms with Crippen LogP contribution in [0.5, 0.6) is 0 Å². The maximum Gasteiger partial charge on any atom is 0.0954 e. The van der Waals surface area contributed by atoms with E-state index in [1.165, 1.54) is 0 Å². The molecule has 1 aromatic carbocycles. The summed E-state index contributed by atoms with van der Waals surface area (Å²) in [4.78, 5) is 6.68. The predicted molar refractivity (Wildman–Crippen MR) is 90.1 cm³/mol. The number of aromatic nitrogens is 1. The zero-order valence-electron chi connectivity index (χ0n) is 12.2. The number of anilines is 2. The first-order chi connectivity index (χ1) is 9.47. The number of hydrogen-bond acceptors (Lipinski definition) is 4. The lowest BCUT2D eigenvalue weighted by atomic mass is 10.1. The minimum Gasteiger partial charge on any atom is -0.398 e. The Morgan fingerprint density at radius 3 is 2.85 bits per heavy atom. The minimum absolute atomic E-state index is 0.384. The monoisotopic (exact) mass is 336 g/mol. The number of fused-ring (bicyclic) bond motifs is 1. The Kier molecular flexibility index (Phi) is 4.83. The predicted octanol–water partition coefficient (Wildman–Crippen LogP) is 3.33. The van der Waals surface area contributed by atoms with Crippen molar-refractivity contribution in [2.24, 2.45) is 0 Å². The molecule has 1 unspecified atom stereocenters. The van der Waals surface area contributed by atoms with Crippen molar-refractivity contribution >= 4 is 38.2 Å². The highest BCUT2D eigenvalue weighted by Crippen LogP contribution is 2.29. The second-order valence-corrected chi connectivity index (χ2v) is 6.31. The van der Waals surface area contributed by atoms with Crippen LogP contribution in [0, 0.1) is 0 Å². The molecular weight excluding hydrogens is 316 g/mol. The van der Waals surface area contributed by atoms with Crippen molar-refractivity contribution < 1.29 is 0 Å². The number of nitrogen functional groups attached to an aromatic ring is 1. The molecule has 0 aliphatic heterocycles. The van der Waals surface area contributed by atoms with Crippen LogP contribution in [-0.4, -0.2) is 36.6 Å². The smallest absolute Gasteiger partial charge is 0.0954 e. The second-order valence-electron chi connectivity index (χ2n) is 5.39. The van der Waals surface area contributed by atoms with Crippen molar-refractivity contribution in [3.63, 3.8) is 0 Å². The third kappa shape index (κ3) is 3.61. The van der Waals surface area contributed by atoms with Gasteiger partial charge in [-0.15, -0.1) is 0 Å². The van der Waals surface area contributed by atoms with Gasteiger partial charge in [0.1, 0.15) is 0 Å². The van der Waals surface area contributed by atoms with Gasteiger partial charge in [-0.3, -0.25) is 4.98 Å². The molecule has 1 atom stereocenters. The summed E-state index contributed by atoms with van der Waals surface area (Å²) in [5.74, 6) is 0. The van der Waals surface area contributed by atoms with Crippen molar-refractivity contribution in [2.75, 3.05) is 31.7 Å². The Morgan fingerprint density at radius 2 is 2.15 bits per heavy atom. The summed E-state index contributed by atoms with van der Waals surface area (Å²) in [6, 6.07) is 6.32. The van der Waals surface area contributed by atoms with Crippen LogP contribution in [0.4, 0.5) is 11.4 Å². The molecule has 0 saturated heterocycles. The van der Waals surface area contributed by atoms with Gasteiger partial charge in [0.15, 0.2) is 0 Å². The van der Waals surface area contributed by atoms with E-state index in [1.807, 2.05) is 18.2 Å². The fourth-order valence-corrected chi connectivity index (χ4v) is 2.45. The molecule has 0 aliphatic carbocycles. The summed E-state index contributed by atoms with van der Waals surface area (Å²) in [6.07, 6.45) is 2.88. The van der Waals surface area contributed by atoms with Crippen molar-refractivity contribution in [1.82, 2.24) is 9.88 Å². The van der Waals surface area contributed by atoms with Gasteiger partial charge in [-0.25, -0.2) is 0 Å². The Balaban J connectivity index is 2.24. The average molecular weight is 337 g/mol. The number of pyridine rings is 1. The maximum absolute atomic E-state index is 6.03. The molecule has 4 nitrogen and oxygen atoms in total. The molecule has 0 fully saturated rings. The van der Waals surface area contributed by atoms with Gasteiger partial charge in [-0.1, -0.05) is 0 Å². The molecule has 1 heterocycles. The summed E-state index contributed by atoms with van der Waals surface area (Å²) in [7, 11) is 4.18. The molecule has 0 spiro atoms. The highest BCUT2D eigenvalue weighted by Gasteiger charge is 2.09. The first-order valence-electron chi connectivity index (χ1n) is 6.72. The molecule has 5 heteroatoms. The van der Waals surface area contributed by atoms with Crippen molar-refractivity contribution in [3.8, 4) is 0 Å². The Bertz CT molecular complexity index is 598. The van der Waals surface area contributed by atoms with E-state index in [0.29, 0.717) is 6.04 Å². The Morgan fingerprint density at radius 1 is 1.40 bits per heavy atom. The molecule has 0 aliphatic rings. The lowest BCUT2D eigenvalue weighted by molar-refractivity contribution is 0.390. The summed E-state index contributed by atoms with van der Waals surface area (Å²) >= 11 is 3.44. The van der Waals surface area contributed by atoms with Gasteiger partial charge >= 0.3 is 0 Å². The largest absolute Gasteiger partial charge is 0.398 e. The van der Waals surface area contributed by atoms with Gasteiger partial charge in [-0.05, 0) is 68.1 Å². The lowest BCUT2D eigenvalue weighted by Gasteiger charge is -2.19. The van der Waals surface area contributed by atoms with Crippen LogP contribution >= 0.6 is 15.9 Å². The van der Waals surface area contributed by atoms with Crippen LogP contribution in [0.3, 0.4) is 0 Å². The van der Waals surface area contributed by atoms with E-state index in [4.69, 9.17) is 5.73 Å². The number of halogens is 1. The molecule has 2 aromatic rings. The zero-order valence-corrected chi connectivity index (χ0v) is 13.7. The molecule has 0 radical (unpaired) electrons. The van der Waals surface area contributed by atoms with Gasteiger partial charge in [0.2, 0.25) is 0 Å². The fraction of sp³-hybridized carbons (Fsp3) is 0.400. The number of rotatable bonds is 5. The molecular formula is C15H21BrN4. The molecule has 0 saturated carbocycles. The van der Waals surface area contributed by atoms with Crippen molar-refractivity contribution in [2.45, 2.75) is 19.4 Å². The quantitative estimate of drug-likeness (QED) is 0.822. The number of benzene rings is 1. The third-order valence-corrected chi connectivity index (χ3v) is 3.69. The summed E-state index contributed by atoms with van der Waals surface area (Å²) in [5.41, 5.74) is 8.73. The Labute approximate surface area is 128 Å². The first kappa shape index (κ1) is 15.1. The van der Waals surface area contributed by atoms with Gasteiger partial charge in [0, 0.05) is 27.8 Å². The van der Waals surface area contributed by atoms with E-state index in [1.54, 1.807) is 6.20 Å². The van der Waals surface area contributed by atoms with Gasteiger partial charge < -0.3 is 16.0 Å². The molecule has 1 aromatic heterocycles. The maximum atomic E-state index is 6.03. The minimum atomic E-state index is 0.384. The van der Waals surface area contributed by atoms with Gasteiger partial charge in [-0.2, -0.15) is 0 Å². The summed E-state index contributed by atoms with van der Waals surface area (Å²) < 4.78 is 0.939. The highest BCUT2D eigenvalue weighted by molar-refractivity contribution is 9.10. The molecule has 2 rings (SSSR count). The van der Waals surface area contributed by atoms with E-state index >= 15 is 0 Å². The number of hydrogen-bond donors (Lipinski definition) is 2. The summed E-state index contributed by atoms with van der Waals surface area (Å²) in [5, 5.41) is 4.50. The standard InChI is InChI=1S/C15H21BrN4/c1-10(6-7-20(2)3)19-14-5-4-13(17)12-8-11(16)9-18-15(12)14/h4-5,8-10,19H,6-7,17H2,1-3H3. The van der Waals surface area contributed by atoms with Gasteiger partial charge in [0.05, 0.1) is 11.2 Å². The normalized spacial score (nSPS) is 12.8. The third-order valence-electron chi connectivity index (χ3n) is 3.26.